The minimum absolute atomic E-state index is 0.102. The first-order chi connectivity index (χ1) is 14.0. The van der Waals surface area contributed by atoms with Crippen molar-refractivity contribution in [3.05, 3.63) is 88.1 Å². The van der Waals surface area contributed by atoms with Gasteiger partial charge in [0.2, 0.25) is 10.0 Å². The Balaban J connectivity index is 1.51. The molecule has 5 nitrogen and oxygen atoms in total. The van der Waals surface area contributed by atoms with Gasteiger partial charge in [0, 0.05) is 24.7 Å². The second kappa shape index (κ2) is 8.49. The molecule has 0 saturated heterocycles. The number of nitrogens with zero attached hydrogens (tertiary/aromatic N) is 1. The van der Waals surface area contributed by atoms with E-state index in [1.54, 1.807) is 23.5 Å². The van der Waals surface area contributed by atoms with Gasteiger partial charge in [-0.3, -0.25) is 4.79 Å². The van der Waals surface area contributed by atoms with Crippen LogP contribution in [0.15, 0.2) is 76.3 Å². The van der Waals surface area contributed by atoms with Gasteiger partial charge in [-0.15, -0.1) is 0 Å². The van der Waals surface area contributed by atoms with Crippen molar-refractivity contribution in [3.8, 4) is 0 Å². The topological polar surface area (TPSA) is 66.5 Å². The van der Waals surface area contributed by atoms with Crippen LogP contribution in [0.25, 0.3) is 0 Å². The molecule has 1 fully saturated rings. The van der Waals surface area contributed by atoms with Crippen LogP contribution in [0.4, 0.5) is 0 Å². The van der Waals surface area contributed by atoms with Crippen LogP contribution >= 0.6 is 11.3 Å². The minimum atomic E-state index is -3.71. The van der Waals surface area contributed by atoms with Gasteiger partial charge in [-0.05, 0) is 59.0 Å². The first-order valence-electron chi connectivity index (χ1n) is 9.49. The summed E-state index contributed by atoms with van der Waals surface area (Å²) in [5.74, 6) is -0.126. The number of carbonyl (C=O) groups excluding carboxylic acids is 1. The van der Waals surface area contributed by atoms with Crippen LogP contribution in [-0.2, 0) is 23.1 Å². The highest BCUT2D eigenvalue weighted by Gasteiger charge is 2.33. The number of thiophene rings is 1. The normalized spacial score (nSPS) is 13.9. The molecular weight excluding hydrogens is 404 g/mol. The maximum atomic E-state index is 13.1. The van der Waals surface area contributed by atoms with Gasteiger partial charge in [-0.2, -0.15) is 11.3 Å². The molecule has 0 aliphatic heterocycles. The van der Waals surface area contributed by atoms with E-state index in [1.807, 2.05) is 52.1 Å². The Hall–Kier alpha value is -2.48. The lowest BCUT2D eigenvalue weighted by Gasteiger charge is -2.22. The molecule has 1 aromatic heterocycles. The zero-order chi connectivity index (χ0) is 20.3. The number of sulfonamides is 1. The van der Waals surface area contributed by atoms with Crippen molar-refractivity contribution in [3.63, 3.8) is 0 Å². The molecule has 2 aromatic carbocycles. The molecule has 1 N–H and O–H groups in total. The second-order valence-electron chi connectivity index (χ2n) is 7.13. The Labute approximate surface area is 175 Å². The van der Waals surface area contributed by atoms with Crippen LogP contribution in [0.5, 0.6) is 0 Å². The average Bonchev–Trinajstić information content (AvgIpc) is 3.46. The van der Waals surface area contributed by atoms with Gasteiger partial charge in [0.25, 0.3) is 5.91 Å². The van der Waals surface area contributed by atoms with Crippen molar-refractivity contribution in [2.24, 2.45) is 0 Å². The highest BCUT2D eigenvalue weighted by Crippen LogP contribution is 2.30. The summed E-state index contributed by atoms with van der Waals surface area (Å²) in [5.41, 5.74) is 2.37. The standard InChI is InChI=1S/C22H22N2O3S2/c25-22(24(20-9-10-20)15-18-11-12-28-16-18)19-7-4-8-21(13-19)29(26,27)23-14-17-5-2-1-3-6-17/h1-8,11-13,16,20,23H,9-10,14-15H2. The SMILES string of the molecule is O=C(c1cccc(S(=O)(=O)NCc2ccccc2)c1)N(Cc1ccsc1)C1CC1. The smallest absolute Gasteiger partial charge is 0.254 e. The summed E-state index contributed by atoms with van der Waals surface area (Å²) in [7, 11) is -3.71. The molecule has 0 unspecified atom stereocenters. The Morgan fingerprint density at radius 2 is 1.83 bits per heavy atom. The number of carbonyl (C=O) groups is 1. The van der Waals surface area contributed by atoms with Gasteiger partial charge in [-0.25, -0.2) is 13.1 Å². The molecule has 1 heterocycles. The Morgan fingerprint density at radius 1 is 1.03 bits per heavy atom. The summed E-state index contributed by atoms with van der Waals surface area (Å²) in [5, 5.41) is 4.04. The van der Waals surface area contributed by atoms with E-state index in [-0.39, 0.29) is 23.4 Å². The Morgan fingerprint density at radius 3 is 2.52 bits per heavy atom. The summed E-state index contributed by atoms with van der Waals surface area (Å²) >= 11 is 1.61. The molecule has 0 spiro atoms. The minimum Gasteiger partial charge on any atom is -0.331 e. The van der Waals surface area contributed by atoms with Crippen LogP contribution in [0.3, 0.4) is 0 Å². The lowest BCUT2D eigenvalue weighted by molar-refractivity contribution is 0.0730. The predicted molar refractivity (Wildman–Crippen MR) is 114 cm³/mol. The van der Waals surface area contributed by atoms with Gasteiger partial charge in [0.05, 0.1) is 4.90 Å². The van der Waals surface area contributed by atoms with E-state index in [0.29, 0.717) is 12.1 Å². The van der Waals surface area contributed by atoms with Crippen LogP contribution in [0.2, 0.25) is 0 Å². The van der Waals surface area contributed by atoms with E-state index >= 15 is 0 Å². The van der Waals surface area contributed by atoms with E-state index in [1.165, 1.54) is 12.1 Å². The van der Waals surface area contributed by atoms with Gasteiger partial charge >= 0.3 is 0 Å². The van der Waals surface area contributed by atoms with Crippen molar-refractivity contribution < 1.29 is 13.2 Å². The summed E-state index contributed by atoms with van der Waals surface area (Å²) in [6.45, 7) is 0.754. The zero-order valence-corrected chi connectivity index (χ0v) is 17.5. The maximum absolute atomic E-state index is 13.1. The maximum Gasteiger partial charge on any atom is 0.254 e. The number of nitrogens with one attached hydrogen (secondary N) is 1. The summed E-state index contributed by atoms with van der Waals surface area (Å²) < 4.78 is 28.0. The van der Waals surface area contributed by atoms with Crippen LogP contribution in [0.1, 0.15) is 34.3 Å². The third-order valence-corrected chi connectivity index (χ3v) is 7.01. The zero-order valence-electron chi connectivity index (χ0n) is 15.8. The third-order valence-electron chi connectivity index (χ3n) is 4.88. The predicted octanol–water partition coefficient (Wildman–Crippen LogP) is 4.03. The molecule has 0 atom stereocenters. The fraction of sp³-hybridized carbons (Fsp3) is 0.227. The largest absolute Gasteiger partial charge is 0.331 e. The molecule has 7 heteroatoms. The first-order valence-corrected chi connectivity index (χ1v) is 11.9. The molecule has 1 amide bonds. The Bertz CT molecular complexity index is 1080. The number of benzene rings is 2. The molecule has 1 aliphatic carbocycles. The molecule has 4 rings (SSSR count). The molecule has 150 valence electrons. The third kappa shape index (κ3) is 4.93. The van der Waals surface area contributed by atoms with Crippen molar-refractivity contribution in [1.29, 1.82) is 0 Å². The molecular formula is C22H22N2O3S2. The highest BCUT2D eigenvalue weighted by molar-refractivity contribution is 7.89. The van der Waals surface area contributed by atoms with Crippen LogP contribution in [-0.4, -0.2) is 25.3 Å². The number of rotatable bonds is 8. The monoisotopic (exact) mass is 426 g/mol. The molecule has 1 saturated carbocycles. The summed E-state index contributed by atoms with van der Waals surface area (Å²) in [6, 6.07) is 17.9. The Kier molecular flexibility index (Phi) is 5.80. The fourth-order valence-corrected chi connectivity index (χ4v) is 4.87. The van der Waals surface area contributed by atoms with Gasteiger partial charge < -0.3 is 4.90 Å². The lowest BCUT2D eigenvalue weighted by Crippen LogP contribution is -2.32. The first kappa shape index (κ1) is 19.8. The second-order valence-corrected chi connectivity index (χ2v) is 9.68. The quantitative estimate of drug-likeness (QED) is 0.591. The van der Waals surface area contributed by atoms with E-state index in [2.05, 4.69) is 4.72 Å². The van der Waals surface area contributed by atoms with E-state index < -0.39 is 10.0 Å². The number of hydrogen-bond donors (Lipinski definition) is 1. The molecule has 0 bridgehead atoms. The average molecular weight is 427 g/mol. The molecule has 29 heavy (non-hydrogen) atoms. The van der Waals surface area contributed by atoms with E-state index in [9.17, 15) is 13.2 Å². The fourth-order valence-electron chi connectivity index (χ4n) is 3.15. The van der Waals surface area contributed by atoms with E-state index in [0.717, 1.165) is 24.0 Å². The highest BCUT2D eigenvalue weighted by atomic mass is 32.2. The van der Waals surface area contributed by atoms with Crippen molar-refractivity contribution in [2.45, 2.75) is 36.9 Å². The van der Waals surface area contributed by atoms with Crippen molar-refractivity contribution >= 4 is 27.3 Å². The number of hydrogen-bond acceptors (Lipinski definition) is 4. The van der Waals surface area contributed by atoms with Gasteiger partial charge in [-0.1, -0.05) is 36.4 Å². The molecule has 3 aromatic rings. The van der Waals surface area contributed by atoms with Crippen LogP contribution in [0, 0.1) is 0 Å². The number of amides is 1. The summed E-state index contributed by atoms with van der Waals surface area (Å²) in [4.78, 5) is 15.1. The van der Waals surface area contributed by atoms with Crippen molar-refractivity contribution in [1.82, 2.24) is 9.62 Å². The lowest BCUT2D eigenvalue weighted by atomic mass is 10.2. The van der Waals surface area contributed by atoms with E-state index in [4.69, 9.17) is 0 Å². The van der Waals surface area contributed by atoms with Gasteiger partial charge in [0.15, 0.2) is 0 Å². The van der Waals surface area contributed by atoms with Crippen LogP contribution < -0.4 is 4.72 Å². The summed E-state index contributed by atoms with van der Waals surface area (Å²) in [6.07, 6.45) is 1.99. The van der Waals surface area contributed by atoms with Crippen molar-refractivity contribution in [2.75, 3.05) is 0 Å². The molecule has 1 aliphatic rings. The van der Waals surface area contributed by atoms with Gasteiger partial charge in [0.1, 0.15) is 0 Å². The molecule has 0 radical (unpaired) electrons.